The van der Waals surface area contributed by atoms with Crippen LogP contribution >= 0.6 is 27.7 Å². The summed E-state index contributed by atoms with van der Waals surface area (Å²) in [6, 6.07) is 5.47. The molecule has 108 valence electrons. The molecule has 0 bridgehead atoms. The number of hydrogen-bond acceptors (Lipinski definition) is 5. The van der Waals surface area contributed by atoms with E-state index in [0.29, 0.717) is 5.16 Å². The highest BCUT2D eigenvalue weighted by Gasteiger charge is 2.30. The van der Waals surface area contributed by atoms with Crippen LogP contribution in [0.4, 0.5) is 5.69 Å². The molecule has 1 aromatic heterocycles. The summed E-state index contributed by atoms with van der Waals surface area (Å²) in [6.45, 7) is 1.93. The lowest BCUT2D eigenvalue weighted by Gasteiger charge is -2.09. The van der Waals surface area contributed by atoms with E-state index in [1.54, 1.807) is 13.2 Å². The maximum atomic E-state index is 11.9. The quantitative estimate of drug-likeness (QED) is 0.819. The van der Waals surface area contributed by atoms with E-state index in [9.17, 15) is 4.79 Å². The predicted octanol–water partition coefficient (Wildman–Crippen LogP) is 2.91. The van der Waals surface area contributed by atoms with Crippen LogP contribution in [0, 0.1) is 6.92 Å². The predicted molar refractivity (Wildman–Crippen MR) is 85.5 cm³/mol. The first kappa shape index (κ1) is 14.5. The maximum absolute atomic E-state index is 11.9. The SMILES string of the molecule is CNC1C(=O)Nc2cc(Sc3nccc(C)n3)c(Br)cc21. The van der Waals surface area contributed by atoms with Gasteiger partial charge in [-0.05, 0) is 59.9 Å². The van der Waals surface area contributed by atoms with Gasteiger partial charge in [0, 0.05) is 32.5 Å². The Bertz CT molecular complexity index is 722. The number of likely N-dealkylation sites (N-methyl/N-ethyl adjacent to an activating group) is 1. The molecule has 2 aromatic rings. The average Bonchev–Trinajstić information content (AvgIpc) is 2.74. The monoisotopic (exact) mass is 364 g/mol. The normalized spacial score (nSPS) is 16.7. The number of fused-ring (bicyclic) bond motifs is 1. The summed E-state index contributed by atoms with van der Waals surface area (Å²) in [7, 11) is 1.77. The van der Waals surface area contributed by atoms with Gasteiger partial charge in [-0.1, -0.05) is 0 Å². The van der Waals surface area contributed by atoms with Crippen LogP contribution in [-0.2, 0) is 4.79 Å². The smallest absolute Gasteiger partial charge is 0.246 e. The van der Waals surface area contributed by atoms with Crippen molar-refractivity contribution in [1.82, 2.24) is 15.3 Å². The summed E-state index contributed by atoms with van der Waals surface area (Å²) in [5.74, 6) is -0.0339. The largest absolute Gasteiger partial charge is 0.324 e. The van der Waals surface area contributed by atoms with Gasteiger partial charge in [0.2, 0.25) is 5.91 Å². The number of carbonyl (C=O) groups excluding carboxylic acids is 1. The van der Waals surface area contributed by atoms with Crippen LogP contribution in [0.2, 0.25) is 0 Å². The lowest BCUT2D eigenvalue weighted by molar-refractivity contribution is -0.117. The Morgan fingerprint density at radius 2 is 2.24 bits per heavy atom. The second-order valence-corrected chi connectivity index (χ2v) is 6.53. The van der Waals surface area contributed by atoms with E-state index >= 15 is 0 Å². The van der Waals surface area contributed by atoms with Gasteiger partial charge < -0.3 is 10.6 Å². The number of amides is 1. The number of hydrogen-bond donors (Lipinski definition) is 2. The van der Waals surface area contributed by atoms with Gasteiger partial charge in [-0.3, -0.25) is 4.79 Å². The summed E-state index contributed by atoms with van der Waals surface area (Å²) in [5, 5.41) is 6.58. The molecule has 1 unspecified atom stereocenters. The van der Waals surface area contributed by atoms with Gasteiger partial charge in [0.1, 0.15) is 6.04 Å². The van der Waals surface area contributed by atoms with Crippen LogP contribution < -0.4 is 10.6 Å². The summed E-state index contributed by atoms with van der Waals surface area (Å²) in [6.07, 6.45) is 1.74. The number of nitrogens with zero attached hydrogens (tertiary/aromatic N) is 2. The van der Waals surface area contributed by atoms with E-state index in [4.69, 9.17) is 0 Å². The molecule has 0 saturated heterocycles. The minimum absolute atomic E-state index is 0.0339. The topological polar surface area (TPSA) is 66.9 Å². The number of benzene rings is 1. The van der Waals surface area contributed by atoms with E-state index in [1.165, 1.54) is 11.8 Å². The van der Waals surface area contributed by atoms with Crippen molar-refractivity contribution in [2.24, 2.45) is 0 Å². The lowest BCUT2D eigenvalue weighted by atomic mass is 10.1. The van der Waals surface area contributed by atoms with Crippen molar-refractivity contribution in [3.05, 3.63) is 40.1 Å². The highest BCUT2D eigenvalue weighted by atomic mass is 79.9. The molecule has 1 atom stereocenters. The molecule has 3 rings (SSSR count). The zero-order valence-electron chi connectivity index (χ0n) is 11.5. The zero-order valence-corrected chi connectivity index (χ0v) is 13.9. The molecular formula is C14H13BrN4OS. The molecule has 1 aliphatic rings. The van der Waals surface area contributed by atoms with Crippen LogP contribution in [0.3, 0.4) is 0 Å². The molecule has 0 fully saturated rings. The number of halogens is 1. The van der Waals surface area contributed by atoms with Gasteiger partial charge in [-0.15, -0.1) is 0 Å². The molecular weight excluding hydrogens is 352 g/mol. The van der Waals surface area contributed by atoms with Gasteiger partial charge in [0.15, 0.2) is 5.16 Å². The van der Waals surface area contributed by atoms with Crippen molar-refractivity contribution >= 4 is 39.3 Å². The molecule has 0 saturated carbocycles. The summed E-state index contributed by atoms with van der Waals surface area (Å²) in [4.78, 5) is 21.5. The molecule has 21 heavy (non-hydrogen) atoms. The fourth-order valence-electron chi connectivity index (χ4n) is 2.20. The Hall–Kier alpha value is -1.44. The molecule has 0 aliphatic carbocycles. The van der Waals surface area contributed by atoms with E-state index in [1.807, 2.05) is 25.1 Å². The molecule has 1 amide bonds. The Morgan fingerprint density at radius 3 is 2.95 bits per heavy atom. The first-order valence-electron chi connectivity index (χ1n) is 6.37. The average molecular weight is 365 g/mol. The molecule has 0 spiro atoms. The van der Waals surface area contributed by atoms with Crippen LogP contribution in [0.5, 0.6) is 0 Å². The number of aromatic nitrogens is 2. The summed E-state index contributed by atoms with van der Waals surface area (Å²) < 4.78 is 0.924. The Balaban J connectivity index is 1.95. The summed E-state index contributed by atoms with van der Waals surface area (Å²) in [5.41, 5.74) is 2.70. The van der Waals surface area contributed by atoms with Gasteiger partial charge in [-0.2, -0.15) is 0 Å². The molecule has 1 aromatic carbocycles. The van der Waals surface area contributed by atoms with Crippen molar-refractivity contribution in [3.63, 3.8) is 0 Å². The van der Waals surface area contributed by atoms with Gasteiger partial charge >= 0.3 is 0 Å². The Morgan fingerprint density at radius 1 is 1.43 bits per heavy atom. The molecule has 0 radical (unpaired) electrons. The van der Waals surface area contributed by atoms with Crippen LogP contribution in [0.25, 0.3) is 0 Å². The maximum Gasteiger partial charge on any atom is 0.246 e. The van der Waals surface area contributed by atoms with Gasteiger partial charge in [0.25, 0.3) is 0 Å². The van der Waals surface area contributed by atoms with E-state index in [-0.39, 0.29) is 11.9 Å². The number of rotatable bonds is 3. The molecule has 5 nitrogen and oxygen atoms in total. The Kier molecular flexibility index (Phi) is 3.97. The lowest BCUT2D eigenvalue weighted by Crippen LogP contribution is -2.23. The minimum Gasteiger partial charge on any atom is -0.324 e. The van der Waals surface area contributed by atoms with E-state index in [0.717, 1.165) is 26.3 Å². The van der Waals surface area contributed by atoms with E-state index < -0.39 is 0 Å². The Labute approximate surface area is 135 Å². The minimum atomic E-state index is -0.300. The fraction of sp³-hybridized carbons (Fsp3) is 0.214. The zero-order chi connectivity index (χ0) is 15.0. The second kappa shape index (κ2) is 5.75. The van der Waals surface area contributed by atoms with Crippen molar-refractivity contribution in [3.8, 4) is 0 Å². The third kappa shape index (κ3) is 2.81. The molecule has 2 heterocycles. The first-order chi connectivity index (χ1) is 10.1. The summed E-state index contributed by atoms with van der Waals surface area (Å²) >= 11 is 5.02. The van der Waals surface area contributed by atoms with Crippen LogP contribution in [-0.4, -0.2) is 22.9 Å². The third-order valence-electron chi connectivity index (χ3n) is 3.20. The third-order valence-corrected chi connectivity index (χ3v) is 5.05. The fourth-order valence-corrected chi connectivity index (χ4v) is 3.64. The number of carbonyl (C=O) groups is 1. The van der Waals surface area contributed by atoms with Crippen molar-refractivity contribution < 1.29 is 4.79 Å². The molecule has 7 heteroatoms. The van der Waals surface area contributed by atoms with E-state index in [2.05, 4.69) is 36.5 Å². The highest BCUT2D eigenvalue weighted by Crippen LogP contribution is 2.40. The highest BCUT2D eigenvalue weighted by molar-refractivity contribution is 9.10. The van der Waals surface area contributed by atoms with Gasteiger partial charge in [-0.25, -0.2) is 9.97 Å². The van der Waals surface area contributed by atoms with Crippen molar-refractivity contribution in [2.75, 3.05) is 12.4 Å². The second-order valence-electron chi connectivity index (χ2n) is 4.66. The number of aryl methyl sites for hydroxylation is 1. The first-order valence-corrected chi connectivity index (χ1v) is 7.98. The van der Waals surface area contributed by atoms with Gasteiger partial charge in [0.05, 0.1) is 0 Å². The standard InChI is InChI=1S/C14H13BrN4OS/c1-7-3-4-17-14(18-7)21-11-6-10-8(5-9(11)15)12(16-2)13(20)19-10/h3-6,12,16H,1-2H3,(H,19,20). The number of nitrogens with one attached hydrogen (secondary N) is 2. The van der Waals surface area contributed by atoms with Crippen molar-refractivity contribution in [1.29, 1.82) is 0 Å². The molecule has 2 N–H and O–H groups in total. The number of anilines is 1. The molecule has 1 aliphatic heterocycles. The van der Waals surface area contributed by atoms with Crippen molar-refractivity contribution in [2.45, 2.75) is 23.0 Å². The van der Waals surface area contributed by atoms with Crippen LogP contribution in [0.15, 0.2) is 38.9 Å². The van der Waals surface area contributed by atoms with Crippen LogP contribution in [0.1, 0.15) is 17.3 Å².